The van der Waals surface area contributed by atoms with Crippen molar-refractivity contribution in [3.63, 3.8) is 0 Å². The Balaban J connectivity index is 1.73. The highest BCUT2D eigenvalue weighted by molar-refractivity contribution is 9.10. The van der Waals surface area contributed by atoms with Crippen molar-refractivity contribution >= 4 is 48.2 Å². The van der Waals surface area contributed by atoms with Crippen LogP contribution in [-0.2, 0) is 16.4 Å². The van der Waals surface area contributed by atoms with Gasteiger partial charge in [-0.2, -0.15) is 0 Å². The van der Waals surface area contributed by atoms with E-state index >= 15 is 0 Å². The second kappa shape index (κ2) is 7.42. The molecular weight excluding hydrogens is 426 g/mol. The molecule has 0 radical (unpaired) electrons. The van der Waals surface area contributed by atoms with Crippen LogP contribution in [0.3, 0.4) is 0 Å². The average molecular weight is 438 g/mol. The van der Waals surface area contributed by atoms with Gasteiger partial charge in [-0.3, -0.25) is 14.5 Å². The van der Waals surface area contributed by atoms with E-state index in [1.54, 1.807) is 29.8 Å². The van der Waals surface area contributed by atoms with Gasteiger partial charge in [-0.15, -0.1) is 11.3 Å². The summed E-state index contributed by atoms with van der Waals surface area (Å²) in [6.45, 7) is 0. The number of hydrogen-bond acceptors (Lipinski definition) is 6. The largest absolute Gasteiger partial charge is 0.294 e. The molecule has 0 bridgehead atoms. The summed E-state index contributed by atoms with van der Waals surface area (Å²) in [7, 11) is -3.69. The summed E-state index contributed by atoms with van der Waals surface area (Å²) in [5.74, 6) is -0.0923. The molecule has 0 aliphatic rings. The van der Waals surface area contributed by atoms with E-state index in [4.69, 9.17) is 0 Å². The van der Waals surface area contributed by atoms with Crippen LogP contribution in [0.25, 0.3) is 0 Å². The van der Waals surface area contributed by atoms with Crippen molar-refractivity contribution in [2.45, 2.75) is 11.3 Å². The number of hydrogen-bond donors (Lipinski definition) is 1. The van der Waals surface area contributed by atoms with E-state index in [1.165, 1.54) is 35.9 Å². The summed E-state index contributed by atoms with van der Waals surface area (Å²) in [6, 6.07) is 7.89. The van der Waals surface area contributed by atoms with Gasteiger partial charge in [0.1, 0.15) is 0 Å². The number of benzene rings is 1. The molecule has 0 saturated carbocycles. The van der Waals surface area contributed by atoms with Gasteiger partial charge >= 0.3 is 0 Å². The van der Waals surface area contributed by atoms with E-state index < -0.39 is 10.0 Å². The van der Waals surface area contributed by atoms with Crippen LogP contribution in [0.5, 0.6) is 0 Å². The van der Waals surface area contributed by atoms with Gasteiger partial charge in [-0.25, -0.2) is 13.4 Å². The predicted octanol–water partition coefficient (Wildman–Crippen LogP) is 3.53. The van der Waals surface area contributed by atoms with Crippen LogP contribution in [-0.4, -0.2) is 24.2 Å². The van der Waals surface area contributed by atoms with Crippen molar-refractivity contribution in [2.75, 3.05) is 4.72 Å². The number of rotatable bonds is 6. The molecule has 3 aromatic rings. The van der Waals surface area contributed by atoms with E-state index in [0.29, 0.717) is 10.7 Å². The third-order valence-electron chi connectivity index (χ3n) is 3.28. The number of pyridine rings is 1. The third kappa shape index (κ3) is 4.50. The normalized spacial score (nSPS) is 11.2. The zero-order valence-corrected chi connectivity index (χ0v) is 15.9. The molecule has 1 N–H and O–H groups in total. The molecule has 0 atom stereocenters. The molecule has 0 fully saturated rings. The Kier molecular flexibility index (Phi) is 5.26. The van der Waals surface area contributed by atoms with Crippen molar-refractivity contribution in [2.24, 2.45) is 0 Å². The second-order valence-corrected chi connectivity index (χ2v) is 8.57. The molecule has 1 aromatic carbocycles. The molecule has 3 rings (SSSR count). The minimum absolute atomic E-state index is 0.0923. The van der Waals surface area contributed by atoms with Gasteiger partial charge in [0.25, 0.3) is 10.0 Å². The molecule has 2 aromatic heterocycles. The smallest absolute Gasteiger partial charge is 0.263 e. The van der Waals surface area contributed by atoms with Crippen molar-refractivity contribution < 1.29 is 13.2 Å². The molecule has 9 heteroatoms. The fraction of sp³-hybridized carbons (Fsp3) is 0.0625. The Morgan fingerprint density at radius 3 is 2.60 bits per heavy atom. The summed E-state index contributed by atoms with van der Waals surface area (Å²) >= 11 is 4.48. The fourth-order valence-corrected chi connectivity index (χ4v) is 4.24. The molecule has 0 spiro atoms. The number of ketones is 1. The molecule has 0 amide bonds. The summed E-state index contributed by atoms with van der Waals surface area (Å²) in [6.07, 6.45) is 4.79. The van der Waals surface area contributed by atoms with Gasteiger partial charge in [0, 0.05) is 40.4 Å². The maximum Gasteiger partial charge on any atom is 0.263 e. The molecule has 6 nitrogen and oxygen atoms in total. The Hall–Kier alpha value is -2.10. The molecule has 0 unspecified atom stereocenters. The van der Waals surface area contributed by atoms with Crippen LogP contribution in [0.1, 0.15) is 15.9 Å². The maximum atomic E-state index is 12.3. The zero-order chi connectivity index (χ0) is 17.9. The van der Waals surface area contributed by atoms with E-state index in [2.05, 4.69) is 30.6 Å². The summed E-state index contributed by atoms with van der Waals surface area (Å²) < 4.78 is 27.7. The topological polar surface area (TPSA) is 89.0 Å². The number of sulfonamides is 1. The first-order chi connectivity index (χ1) is 11.9. The lowest BCUT2D eigenvalue weighted by Crippen LogP contribution is -2.13. The van der Waals surface area contributed by atoms with Gasteiger partial charge in [-0.05, 0) is 39.7 Å². The van der Waals surface area contributed by atoms with Crippen molar-refractivity contribution in [3.8, 4) is 0 Å². The average Bonchev–Trinajstić information content (AvgIpc) is 3.07. The Morgan fingerprint density at radius 2 is 1.96 bits per heavy atom. The van der Waals surface area contributed by atoms with Gasteiger partial charge in [0.2, 0.25) is 0 Å². The monoisotopic (exact) mass is 437 g/mol. The molecule has 0 aliphatic carbocycles. The van der Waals surface area contributed by atoms with Crippen molar-refractivity contribution in [1.82, 2.24) is 9.97 Å². The quantitative estimate of drug-likeness (QED) is 0.595. The zero-order valence-electron chi connectivity index (χ0n) is 12.7. The predicted molar refractivity (Wildman–Crippen MR) is 99.3 cm³/mol. The lowest BCUT2D eigenvalue weighted by molar-refractivity contribution is 0.0992. The van der Waals surface area contributed by atoms with Crippen LogP contribution in [0, 0.1) is 0 Å². The lowest BCUT2D eigenvalue weighted by atomic mass is 10.0. The summed E-state index contributed by atoms with van der Waals surface area (Å²) in [5, 5.41) is 1.99. The minimum atomic E-state index is -3.69. The number of Topliss-reactive ketones (excluding diaryl/α,β-unsaturated/α-hetero) is 1. The first kappa shape index (κ1) is 17.7. The SMILES string of the molecule is O=C(Cc1ccc(S(=O)(=O)Nc2nccs2)cc1)c1cncc(Br)c1. The van der Waals surface area contributed by atoms with Gasteiger partial charge in [0.05, 0.1) is 4.90 Å². The van der Waals surface area contributed by atoms with Crippen molar-refractivity contribution in [3.05, 3.63) is 69.9 Å². The van der Waals surface area contributed by atoms with Gasteiger partial charge < -0.3 is 0 Å². The molecule has 2 heterocycles. The molecule has 0 aliphatic heterocycles. The number of anilines is 1. The minimum Gasteiger partial charge on any atom is -0.294 e. The van der Waals surface area contributed by atoms with Gasteiger partial charge in [-0.1, -0.05) is 12.1 Å². The first-order valence-electron chi connectivity index (χ1n) is 7.09. The molecular formula is C16H12BrN3O3S2. The van der Waals surface area contributed by atoms with E-state index in [9.17, 15) is 13.2 Å². The highest BCUT2D eigenvalue weighted by Gasteiger charge is 2.16. The number of aromatic nitrogens is 2. The number of carbonyl (C=O) groups excluding carboxylic acids is 1. The van der Waals surface area contributed by atoms with Crippen LogP contribution in [0.15, 0.2) is 63.7 Å². The second-order valence-electron chi connectivity index (χ2n) is 5.08. The highest BCUT2D eigenvalue weighted by atomic mass is 79.9. The third-order valence-corrected chi connectivity index (χ3v) is 5.89. The summed E-state index contributed by atoms with van der Waals surface area (Å²) in [4.78, 5) is 20.2. The fourth-order valence-electron chi connectivity index (χ4n) is 2.09. The number of halogens is 1. The van der Waals surface area contributed by atoms with E-state index in [1.807, 2.05) is 0 Å². The highest BCUT2D eigenvalue weighted by Crippen LogP contribution is 2.19. The number of carbonyl (C=O) groups is 1. The standard InChI is InChI=1S/C16H12BrN3O3S2/c17-13-8-12(9-18-10-13)15(21)7-11-1-3-14(4-2-11)25(22,23)20-16-19-5-6-24-16/h1-6,8-10H,7H2,(H,19,20). The van der Waals surface area contributed by atoms with Crippen LogP contribution in [0.4, 0.5) is 5.13 Å². The number of nitrogens with zero attached hydrogens (tertiary/aromatic N) is 2. The number of thiazole rings is 1. The number of nitrogens with one attached hydrogen (secondary N) is 1. The van der Waals surface area contributed by atoms with Crippen LogP contribution in [0.2, 0.25) is 0 Å². The van der Waals surface area contributed by atoms with E-state index in [0.717, 1.165) is 10.0 Å². The molecule has 25 heavy (non-hydrogen) atoms. The summed E-state index contributed by atoms with van der Waals surface area (Å²) in [5.41, 5.74) is 1.22. The Morgan fingerprint density at radius 1 is 1.20 bits per heavy atom. The first-order valence-corrected chi connectivity index (χ1v) is 10.2. The van der Waals surface area contributed by atoms with Crippen LogP contribution < -0.4 is 4.72 Å². The van der Waals surface area contributed by atoms with E-state index in [-0.39, 0.29) is 17.1 Å². The maximum absolute atomic E-state index is 12.3. The lowest BCUT2D eigenvalue weighted by Gasteiger charge is -2.06. The van der Waals surface area contributed by atoms with Gasteiger partial charge in [0.15, 0.2) is 10.9 Å². The van der Waals surface area contributed by atoms with Crippen molar-refractivity contribution in [1.29, 1.82) is 0 Å². The molecule has 0 saturated heterocycles. The van der Waals surface area contributed by atoms with Crippen LogP contribution >= 0.6 is 27.3 Å². The Bertz CT molecular complexity index is 988. The Labute approximate surface area is 157 Å². The molecule has 128 valence electrons.